The van der Waals surface area contributed by atoms with Crippen LogP contribution in [0.2, 0.25) is 0 Å². The molecule has 2 N–H and O–H groups in total. The molecule has 0 bridgehead atoms. The third-order valence-electron chi connectivity index (χ3n) is 5.39. The van der Waals surface area contributed by atoms with Crippen molar-refractivity contribution in [2.45, 2.75) is 24.9 Å². The number of hydrogen-bond acceptors (Lipinski definition) is 9. The van der Waals surface area contributed by atoms with Crippen LogP contribution in [0.3, 0.4) is 0 Å². The predicted octanol–water partition coefficient (Wildman–Crippen LogP) is 0.660. The minimum absolute atomic E-state index is 0.0129. The van der Waals surface area contributed by atoms with Gasteiger partial charge in [0.2, 0.25) is 17.1 Å². The Kier molecular flexibility index (Phi) is 7.13. The Morgan fingerprint density at radius 2 is 1.76 bits per heavy atom. The van der Waals surface area contributed by atoms with Crippen molar-refractivity contribution in [3.05, 3.63) is 47.0 Å². The van der Waals surface area contributed by atoms with Crippen molar-refractivity contribution in [1.29, 1.82) is 10.8 Å². The lowest BCUT2D eigenvalue weighted by molar-refractivity contribution is -0.148. The van der Waals surface area contributed by atoms with Crippen LogP contribution in [0.25, 0.3) is 0 Å². The van der Waals surface area contributed by atoms with E-state index in [1.165, 1.54) is 36.3 Å². The number of ketones is 1. The summed E-state index contributed by atoms with van der Waals surface area (Å²) in [5, 5.41) is 19.5. The summed E-state index contributed by atoms with van der Waals surface area (Å²) in [6, 6.07) is 5.55. The molecule has 11 nitrogen and oxygen atoms in total. The zero-order chi connectivity index (χ0) is 25.0. The number of carbonyl (C=O) groups is 3. The highest BCUT2D eigenvalue weighted by Crippen LogP contribution is 2.31. The first kappa shape index (κ1) is 24.6. The Balaban J connectivity index is 1.79. The van der Waals surface area contributed by atoms with Gasteiger partial charge in [-0.25, -0.2) is 13.6 Å². The summed E-state index contributed by atoms with van der Waals surface area (Å²) in [4.78, 5) is 41.5. The van der Waals surface area contributed by atoms with Gasteiger partial charge in [0, 0.05) is 19.5 Å². The Hall–Kier alpha value is -4.03. The third kappa shape index (κ3) is 5.13. The van der Waals surface area contributed by atoms with Crippen molar-refractivity contribution >= 4 is 23.5 Å². The number of halogens is 2. The molecule has 1 fully saturated rings. The number of piperidine rings is 1. The second-order valence-electron chi connectivity index (χ2n) is 7.62. The van der Waals surface area contributed by atoms with Crippen molar-refractivity contribution in [2.24, 2.45) is 0 Å². The summed E-state index contributed by atoms with van der Waals surface area (Å²) in [6.45, 7) is 0.0606. The van der Waals surface area contributed by atoms with Gasteiger partial charge in [-0.1, -0.05) is 12.1 Å². The zero-order valence-corrected chi connectivity index (χ0v) is 18.4. The van der Waals surface area contributed by atoms with Gasteiger partial charge in [-0.15, -0.1) is 0 Å². The Morgan fingerprint density at radius 3 is 2.32 bits per heavy atom. The van der Waals surface area contributed by atoms with Gasteiger partial charge in [0.05, 0.1) is 14.2 Å². The van der Waals surface area contributed by atoms with Crippen LogP contribution in [-0.4, -0.2) is 76.1 Å². The van der Waals surface area contributed by atoms with E-state index in [0.29, 0.717) is 10.2 Å². The van der Waals surface area contributed by atoms with Gasteiger partial charge in [0.15, 0.2) is 0 Å². The summed E-state index contributed by atoms with van der Waals surface area (Å²) in [5.41, 5.74) is -2.09. The minimum atomic E-state index is -1.59. The first-order valence-electron chi connectivity index (χ1n) is 10.1. The smallest absolute Gasteiger partial charge is 0.382 e. The number of alkyl halides is 1. The topological polar surface area (TPSA) is 151 Å². The molecule has 180 valence electrons. The molecule has 1 saturated heterocycles. The average Bonchev–Trinajstić information content (AvgIpc) is 2.83. The number of likely N-dealkylation sites (tertiary alicyclic amines) is 1. The number of hydrogen-bond donors (Lipinski definition) is 2. The van der Waals surface area contributed by atoms with Crippen molar-refractivity contribution in [3.8, 4) is 5.88 Å². The highest BCUT2D eigenvalue weighted by Gasteiger charge is 2.37. The number of Topliss-reactive ketones (excluding diaryl/α,β-unsaturated/α-hetero) is 1. The molecular weight excluding hydrogens is 454 g/mol. The first-order chi connectivity index (χ1) is 16.1. The first-order valence-corrected chi connectivity index (χ1v) is 10.1. The van der Waals surface area contributed by atoms with Gasteiger partial charge in [-0.05, 0) is 30.5 Å². The van der Waals surface area contributed by atoms with Crippen molar-refractivity contribution in [1.82, 2.24) is 19.7 Å². The van der Waals surface area contributed by atoms with Gasteiger partial charge < -0.3 is 14.4 Å². The normalized spacial score (nSPS) is 14.9. The van der Waals surface area contributed by atoms with E-state index in [4.69, 9.17) is 15.6 Å². The molecule has 0 radical (unpaired) electrons. The molecule has 1 aromatic heterocycles. The zero-order valence-electron chi connectivity index (χ0n) is 18.4. The largest absolute Gasteiger partial charge is 0.479 e. The van der Waals surface area contributed by atoms with Crippen LogP contribution in [0, 0.1) is 16.6 Å². The second-order valence-corrected chi connectivity index (χ2v) is 7.62. The number of esters is 1. The van der Waals surface area contributed by atoms with Crippen molar-refractivity contribution in [3.63, 3.8) is 0 Å². The van der Waals surface area contributed by atoms with E-state index in [0.717, 1.165) is 7.11 Å². The molecule has 0 saturated carbocycles. The van der Waals surface area contributed by atoms with Gasteiger partial charge >= 0.3 is 11.8 Å². The van der Waals surface area contributed by atoms with E-state index in [1.54, 1.807) is 0 Å². The molecule has 1 aliphatic heterocycles. The fourth-order valence-electron chi connectivity index (χ4n) is 3.51. The summed E-state index contributed by atoms with van der Waals surface area (Å²) in [7, 11) is 2.15. The number of amides is 1. The molecule has 13 heteroatoms. The lowest BCUT2D eigenvalue weighted by atomic mass is 9.87. The maximum absolute atomic E-state index is 15.3. The fourth-order valence-corrected chi connectivity index (χ4v) is 3.51. The van der Waals surface area contributed by atoms with Gasteiger partial charge in [-0.2, -0.15) is 14.8 Å². The highest BCUT2D eigenvalue weighted by molar-refractivity contribution is 6.62. The van der Waals surface area contributed by atoms with Gasteiger partial charge in [0.1, 0.15) is 11.5 Å². The summed E-state index contributed by atoms with van der Waals surface area (Å²) in [5.74, 6) is -5.22. The number of aromatic nitrogens is 3. The Labute approximate surface area is 192 Å². The molecule has 0 unspecified atom stereocenters. The number of nitrogens with one attached hydrogen (secondary N) is 2. The number of rotatable bonds is 6. The van der Waals surface area contributed by atoms with E-state index in [1.807, 2.05) is 0 Å². The van der Waals surface area contributed by atoms with E-state index in [9.17, 15) is 18.8 Å². The van der Waals surface area contributed by atoms with E-state index in [-0.39, 0.29) is 38.2 Å². The van der Waals surface area contributed by atoms with Crippen LogP contribution in [0.5, 0.6) is 5.88 Å². The van der Waals surface area contributed by atoms with Crippen molar-refractivity contribution in [2.75, 3.05) is 27.3 Å². The summed E-state index contributed by atoms with van der Waals surface area (Å²) >= 11 is 0. The van der Waals surface area contributed by atoms with Crippen LogP contribution in [0.1, 0.15) is 28.9 Å². The SMILES string of the molecule is COC(=O)C(=O)C(=N)n1nc(C(=O)N2CCC(F)(Cc3ccc(F)cc3)CC2)c(OC)nc1=N. The number of methoxy groups -OCH3 is 2. The van der Waals surface area contributed by atoms with Gasteiger partial charge in [0.25, 0.3) is 11.8 Å². The number of benzene rings is 1. The molecule has 0 spiro atoms. The lowest BCUT2D eigenvalue weighted by Gasteiger charge is -2.36. The predicted molar refractivity (Wildman–Crippen MR) is 112 cm³/mol. The molecule has 0 atom stereocenters. The standard InChI is InChI=1S/C21H22F2N6O5/c1-33-17-14(27-29(20(25)26-17)16(24)15(30)19(32)34-2)18(31)28-9-7-21(23,8-10-28)11-12-3-5-13(22)6-4-12/h3-6,24-25H,7-11H2,1-2H3. The lowest BCUT2D eigenvalue weighted by Crippen LogP contribution is -2.47. The second kappa shape index (κ2) is 9.85. The van der Waals surface area contributed by atoms with E-state index < -0.39 is 46.3 Å². The Bertz CT molecular complexity index is 1190. The van der Waals surface area contributed by atoms with Crippen LogP contribution in [-0.2, 0) is 20.7 Å². The quantitative estimate of drug-likeness (QED) is 0.269. The minimum Gasteiger partial charge on any atom is -0.479 e. The van der Waals surface area contributed by atoms with Crippen LogP contribution in [0.4, 0.5) is 8.78 Å². The molecule has 1 aliphatic rings. The number of nitrogens with zero attached hydrogens (tertiary/aromatic N) is 4. The van der Waals surface area contributed by atoms with Crippen LogP contribution >= 0.6 is 0 Å². The molecule has 3 rings (SSSR count). The highest BCUT2D eigenvalue weighted by atomic mass is 19.1. The van der Waals surface area contributed by atoms with E-state index in [2.05, 4.69) is 14.8 Å². The molecule has 2 aromatic rings. The molecule has 1 aromatic carbocycles. The fraction of sp³-hybridized carbons (Fsp3) is 0.381. The van der Waals surface area contributed by atoms with E-state index >= 15 is 4.39 Å². The van der Waals surface area contributed by atoms with Crippen LogP contribution in [0.15, 0.2) is 24.3 Å². The number of ether oxygens (including phenoxy) is 2. The van der Waals surface area contributed by atoms with Crippen LogP contribution < -0.4 is 10.4 Å². The maximum Gasteiger partial charge on any atom is 0.382 e. The Morgan fingerprint density at radius 1 is 1.15 bits per heavy atom. The molecule has 2 heterocycles. The third-order valence-corrected chi connectivity index (χ3v) is 5.39. The summed E-state index contributed by atoms with van der Waals surface area (Å²) in [6.07, 6.45) is 0.0941. The molecule has 1 amide bonds. The monoisotopic (exact) mass is 476 g/mol. The molecule has 34 heavy (non-hydrogen) atoms. The molecular formula is C21H22F2N6O5. The average molecular weight is 476 g/mol. The molecule has 0 aliphatic carbocycles. The summed E-state index contributed by atoms with van der Waals surface area (Å²) < 4.78 is 38.2. The van der Waals surface area contributed by atoms with Gasteiger partial charge in [-0.3, -0.25) is 20.4 Å². The number of carbonyl (C=O) groups excluding carboxylic acids is 3. The van der Waals surface area contributed by atoms with Crippen molar-refractivity contribution < 1.29 is 32.6 Å². The maximum atomic E-state index is 15.3.